The summed E-state index contributed by atoms with van der Waals surface area (Å²) in [5.41, 5.74) is 2.13. The van der Waals surface area contributed by atoms with Crippen molar-refractivity contribution in [1.29, 1.82) is 0 Å². The van der Waals surface area contributed by atoms with E-state index < -0.39 is 0 Å². The fourth-order valence-electron chi connectivity index (χ4n) is 2.52. The first kappa shape index (κ1) is 20.4. The number of hydrogen-bond donors (Lipinski definition) is 3. The van der Waals surface area contributed by atoms with Crippen LogP contribution in [-0.4, -0.2) is 22.1 Å². The van der Waals surface area contributed by atoms with Crippen molar-refractivity contribution in [2.45, 2.75) is 26.9 Å². The molecule has 0 fully saturated rings. The van der Waals surface area contributed by atoms with Gasteiger partial charge in [0.15, 0.2) is 0 Å². The second-order valence-corrected chi connectivity index (χ2v) is 7.03. The predicted molar refractivity (Wildman–Crippen MR) is 116 cm³/mol. The molecule has 0 unspecified atom stereocenters. The maximum atomic E-state index is 12.1. The third-order valence-electron chi connectivity index (χ3n) is 3.69. The minimum atomic E-state index is -0.338. The number of hydrogen-bond acceptors (Lipinski definition) is 5. The molecule has 0 saturated heterocycles. The van der Waals surface area contributed by atoms with Crippen molar-refractivity contribution >= 4 is 40.5 Å². The second-order valence-electron chi connectivity index (χ2n) is 6.59. The molecule has 29 heavy (non-hydrogen) atoms. The summed E-state index contributed by atoms with van der Waals surface area (Å²) in [6, 6.07) is 15.6. The first-order chi connectivity index (χ1) is 13.9. The number of anilines is 4. The van der Waals surface area contributed by atoms with Crippen LogP contribution in [0.5, 0.6) is 5.88 Å². The molecule has 2 amide bonds. The lowest BCUT2D eigenvalue weighted by Gasteiger charge is -2.12. The van der Waals surface area contributed by atoms with Gasteiger partial charge in [0.2, 0.25) is 5.88 Å². The van der Waals surface area contributed by atoms with Crippen LogP contribution in [0.25, 0.3) is 0 Å². The molecule has 1 heterocycles. The Labute approximate surface area is 174 Å². The molecule has 3 aromatic rings. The normalized spacial score (nSPS) is 10.5. The Hall–Kier alpha value is -3.32. The van der Waals surface area contributed by atoms with Crippen molar-refractivity contribution in [3.05, 3.63) is 65.4 Å². The Balaban J connectivity index is 1.60. The van der Waals surface area contributed by atoms with Gasteiger partial charge >= 0.3 is 6.03 Å². The van der Waals surface area contributed by atoms with E-state index in [0.29, 0.717) is 33.9 Å². The standard InChI is InChI=1S/C21H22ClN5O2/c1-13(2)29-20-12-19(23-14(3)24-20)25-16-8-10-18(11-9-16)27-21(28)26-17-6-4-15(22)5-7-17/h4-13H,1-3H3,(H,23,24,25)(H2,26,27,28). The van der Waals surface area contributed by atoms with Gasteiger partial charge in [-0.2, -0.15) is 4.98 Å². The Kier molecular flexibility index (Phi) is 6.51. The van der Waals surface area contributed by atoms with E-state index in [9.17, 15) is 4.79 Å². The maximum absolute atomic E-state index is 12.1. The van der Waals surface area contributed by atoms with Gasteiger partial charge in [-0.3, -0.25) is 0 Å². The zero-order valence-corrected chi connectivity index (χ0v) is 17.1. The molecule has 0 saturated carbocycles. The van der Waals surface area contributed by atoms with E-state index in [0.717, 1.165) is 5.69 Å². The summed E-state index contributed by atoms with van der Waals surface area (Å²) in [6.45, 7) is 5.70. The molecule has 0 aliphatic heterocycles. The van der Waals surface area contributed by atoms with Gasteiger partial charge in [0, 0.05) is 28.2 Å². The number of aryl methyl sites for hydroxylation is 1. The molecular formula is C21H22ClN5O2. The fourth-order valence-corrected chi connectivity index (χ4v) is 2.64. The highest BCUT2D eigenvalue weighted by Crippen LogP contribution is 2.21. The van der Waals surface area contributed by atoms with Crippen molar-refractivity contribution in [3.63, 3.8) is 0 Å². The lowest BCUT2D eigenvalue weighted by Crippen LogP contribution is -2.19. The Bertz CT molecular complexity index is 975. The van der Waals surface area contributed by atoms with E-state index in [4.69, 9.17) is 16.3 Å². The van der Waals surface area contributed by atoms with E-state index in [1.54, 1.807) is 42.5 Å². The van der Waals surface area contributed by atoms with Crippen LogP contribution < -0.4 is 20.7 Å². The number of carbonyl (C=O) groups is 1. The molecule has 3 N–H and O–H groups in total. The van der Waals surface area contributed by atoms with Crippen molar-refractivity contribution in [2.24, 2.45) is 0 Å². The lowest BCUT2D eigenvalue weighted by molar-refractivity contribution is 0.232. The van der Waals surface area contributed by atoms with E-state index in [1.807, 2.05) is 32.9 Å². The summed E-state index contributed by atoms with van der Waals surface area (Å²) in [7, 11) is 0. The maximum Gasteiger partial charge on any atom is 0.323 e. The van der Waals surface area contributed by atoms with E-state index in [-0.39, 0.29) is 12.1 Å². The number of amides is 2. The van der Waals surface area contributed by atoms with Gasteiger partial charge in [-0.05, 0) is 69.3 Å². The number of urea groups is 1. The average molecular weight is 412 g/mol. The topological polar surface area (TPSA) is 88.2 Å². The Morgan fingerprint density at radius 2 is 1.48 bits per heavy atom. The largest absolute Gasteiger partial charge is 0.475 e. The van der Waals surface area contributed by atoms with Crippen molar-refractivity contribution in [2.75, 3.05) is 16.0 Å². The highest BCUT2D eigenvalue weighted by Gasteiger charge is 2.06. The van der Waals surface area contributed by atoms with Gasteiger partial charge in [-0.25, -0.2) is 9.78 Å². The number of nitrogens with zero attached hydrogens (tertiary/aromatic N) is 2. The van der Waals surface area contributed by atoms with Gasteiger partial charge in [-0.15, -0.1) is 0 Å². The number of nitrogens with one attached hydrogen (secondary N) is 3. The van der Waals surface area contributed by atoms with Crippen LogP contribution in [0.2, 0.25) is 5.02 Å². The second kappa shape index (κ2) is 9.25. The van der Waals surface area contributed by atoms with Gasteiger partial charge in [0.25, 0.3) is 0 Å². The molecule has 3 rings (SSSR count). The molecule has 8 heteroatoms. The van der Waals surface area contributed by atoms with Crippen LogP contribution >= 0.6 is 11.6 Å². The van der Waals surface area contributed by atoms with Crippen molar-refractivity contribution in [3.8, 4) is 5.88 Å². The first-order valence-electron chi connectivity index (χ1n) is 9.10. The highest BCUT2D eigenvalue weighted by molar-refractivity contribution is 6.30. The van der Waals surface area contributed by atoms with Crippen LogP contribution in [-0.2, 0) is 0 Å². The molecule has 0 aliphatic carbocycles. The molecule has 0 atom stereocenters. The fraction of sp³-hybridized carbons (Fsp3) is 0.190. The number of carbonyl (C=O) groups excluding carboxylic acids is 1. The van der Waals surface area contributed by atoms with Crippen LogP contribution in [0.3, 0.4) is 0 Å². The van der Waals surface area contributed by atoms with Crippen LogP contribution in [0.15, 0.2) is 54.6 Å². The average Bonchev–Trinajstić information content (AvgIpc) is 2.64. The highest BCUT2D eigenvalue weighted by atomic mass is 35.5. The zero-order chi connectivity index (χ0) is 20.8. The number of rotatable bonds is 6. The molecule has 0 aliphatic rings. The SMILES string of the molecule is Cc1nc(Nc2ccc(NC(=O)Nc3ccc(Cl)cc3)cc2)cc(OC(C)C)n1. The smallest absolute Gasteiger partial charge is 0.323 e. The van der Waals surface area contributed by atoms with Crippen LogP contribution in [0.4, 0.5) is 27.7 Å². The van der Waals surface area contributed by atoms with E-state index in [2.05, 4.69) is 25.9 Å². The lowest BCUT2D eigenvalue weighted by atomic mass is 10.2. The minimum Gasteiger partial charge on any atom is -0.475 e. The molecule has 0 bridgehead atoms. The third-order valence-corrected chi connectivity index (χ3v) is 3.94. The third kappa shape index (κ3) is 6.36. The van der Waals surface area contributed by atoms with Crippen LogP contribution in [0, 0.1) is 6.92 Å². The summed E-state index contributed by atoms with van der Waals surface area (Å²) in [5.74, 6) is 1.77. The van der Waals surface area contributed by atoms with E-state index in [1.165, 1.54) is 0 Å². The van der Waals surface area contributed by atoms with Gasteiger partial charge < -0.3 is 20.7 Å². The summed E-state index contributed by atoms with van der Waals surface area (Å²) < 4.78 is 5.64. The number of halogens is 1. The predicted octanol–water partition coefficient (Wildman–Crippen LogP) is 5.61. The first-order valence-corrected chi connectivity index (χ1v) is 9.48. The molecule has 0 radical (unpaired) electrons. The van der Waals surface area contributed by atoms with E-state index >= 15 is 0 Å². The minimum absolute atomic E-state index is 0.0292. The Morgan fingerprint density at radius 3 is 2.07 bits per heavy atom. The summed E-state index contributed by atoms with van der Waals surface area (Å²) in [4.78, 5) is 20.7. The monoisotopic (exact) mass is 411 g/mol. The summed E-state index contributed by atoms with van der Waals surface area (Å²) >= 11 is 5.84. The van der Waals surface area contributed by atoms with Crippen LogP contribution in [0.1, 0.15) is 19.7 Å². The van der Waals surface area contributed by atoms with Gasteiger partial charge in [0.1, 0.15) is 11.6 Å². The molecule has 150 valence electrons. The number of ether oxygens (including phenoxy) is 1. The molecule has 7 nitrogen and oxygen atoms in total. The summed E-state index contributed by atoms with van der Waals surface area (Å²) in [5, 5.41) is 9.35. The van der Waals surface area contributed by atoms with Gasteiger partial charge in [0.05, 0.1) is 6.10 Å². The number of aromatic nitrogens is 2. The zero-order valence-electron chi connectivity index (χ0n) is 16.4. The number of benzene rings is 2. The Morgan fingerprint density at radius 1 is 0.931 bits per heavy atom. The molecular weight excluding hydrogens is 390 g/mol. The quantitative estimate of drug-likeness (QED) is 0.490. The molecule has 0 spiro atoms. The summed E-state index contributed by atoms with van der Waals surface area (Å²) in [6.07, 6.45) is 0.0292. The van der Waals surface area contributed by atoms with Crippen molar-refractivity contribution in [1.82, 2.24) is 9.97 Å². The van der Waals surface area contributed by atoms with Gasteiger partial charge in [-0.1, -0.05) is 11.6 Å². The molecule has 2 aromatic carbocycles. The molecule has 1 aromatic heterocycles. The van der Waals surface area contributed by atoms with Crippen molar-refractivity contribution < 1.29 is 9.53 Å².